The summed E-state index contributed by atoms with van der Waals surface area (Å²) in [5, 5.41) is 0.721. The average molecular weight is 407 g/mol. The number of anilines is 1. The Morgan fingerprint density at radius 2 is 1.63 bits per heavy atom. The van der Waals surface area contributed by atoms with Gasteiger partial charge in [0.05, 0.1) is 17.2 Å². The Morgan fingerprint density at radius 3 is 2.26 bits per heavy atom. The lowest BCUT2D eigenvalue weighted by atomic mass is 10.2. The number of piperazine rings is 1. The van der Waals surface area contributed by atoms with Crippen LogP contribution in [0.4, 0.5) is 5.69 Å². The predicted molar refractivity (Wildman–Crippen MR) is 110 cm³/mol. The summed E-state index contributed by atoms with van der Waals surface area (Å²) >= 11 is 5.93. The molecule has 0 unspecified atom stereocenters. The van der Waals surface area contributed by atoms with E-state index in [1.165, 1.54) is 0 Å². The standard InChI is InChI=1S/C19H23ClN4O2S/c20-16-6-8-17(9-7-16)23-11-13-24(14-12-23)19(21)22-10-15-27(25,26)18-4-2-1-3-5-18/h1-9H,10-15H2,(H2,21,22). The zero-order chi connectivity index (χ0) is 19.3. The largest absolute Gasteiger partial charge is 0.370 e. The molecule has 3 rings (SSSR count). The van der Waals surface area contributed by atoms with Gasteiger partial charge in [0.2, 0.25) is 0 Å². The van der Waals surface area contributed by atoms with Crippen molar-refractivity contribution in [3.8, 4) is 0 Å². The van der Waals surface area contributed by atoms with Gasteiger partial charge in [0.1, 0.15) is 0 Å². The van der Waals surface area contributed by atoms with Gasteiger partial charge in [0.15, 0.2) is 15.8 Å². The molecule has 1 saturated heterocycles. The molecule has 0 radical (unpaired) electrons. The van der Waals surface area contributed by atoms with Crippen LogP contribution in [0.5, 0.6) is 0 Å². The van der Waals surface area contributed by atoms with Crippen molar-refractivity contribution in [3.05, 3.63) is 59.6 Å². The molecule has 0 amide bonds. The summed E-state index contributed by atoms with van der Waals surface area (Å²) < 4.78 is 24.5. The second kappa shape index (κ2) is 8.63. The molecule has 0 saturated carbocycles. The van der Waals surface area contributed by atoms with Gasteiger partial charge in [-0.2, -0.15) is 0 Å². The number of guanidine groups is 1. The quantitative estimate of drug-likeness (QED) is 0.608. The minimum absolute atomic E-state index is 0.0531. The lowest BCUT2D eigenvalue weighted by Gasteiger charge is -2.36. The number of sulfone groups is 1. The smallest absolute Gasteiger partial charge is 0.191 e. The van der Waals surface area contributed by atoms with Crippen molar-refractivity contribution in [1.29, 1.82) is 0 Å². The van der Waals surface area contributed by atoms with Gasteiger partial charge in [-0.3, -0.25) is 4.99 Å². The van der Waals surface area contributed by atoms with Crippen molar-refractivity contribution in [3.63, 3.8) is 0 Å². The fourth-order valence-corrected chi connectivity index (χ4v) is 4.24. The first-order valence-corrected chi connectivity index (χ1v) is 10.8. The Labute approximate surface area is 165 Å². The van der Waals surface area contributed by atoms with Crippen LogP contribution in [0.1, 0.15) is 0 Å². The molecule has 0 aliphatic carbocycles. The molecule has 2 aromatic carbocycles. The van der Waals surface area contributed by atoms with Crippen LogP contribution in [0.15, 0.2) is 64.5 Å². The van der Waals surface area contributed by atoms with Gasteiger partial charge in [-0.15, -0.1) is 0 Å². The van der Waals surface area contributed by atoms with Gasteiger partial charge in [-0.1, -0.05) is 29.8 Å². The first kappa shape index (κ1) is 19.5. The molecule has 2 aromatic rings. The van der Waals surface area contributed by atoms with Gasteiger partial charge in [0, 0.05) is 36.9 Å². The van der Waals surface area contributed by atoms with Crippen molar-refractivity contribution in [2.75, 3.05) is 43.4 Å². The summed E-state index contributed by atoms with van der Waals surface area (Å²) in [4.78, 5) is 8.84. The number of nitrogens with two attached hydrogens (primary N) is 1. The predicted octanol–water partition coefficient (Wildman–Crippen LogP) is 2.25. The summed E-state index contributed by atoms with van der Waals surface area (Å²) in [6.07, 6.45) is 0. The van der Waals surface area contributed by atoms with E-state index >= 15 is 0 Å². The highest BCUT2D eigenvalue weighted by molar-refractivity contribution is 7.91. The van der Waals surface area contributed by atoms with Gasteiger partial charge >= 0.3 is 0 Å². The van der Waals surface area contributed by atoms with Crippen LogP contribution in [0, 0.1) is 0 Å². The summed E-state index contributed by atoms with van der Waals surface area (Å²) in [6, 6.07) is 16.2. The van der Waals surface area contributed by atoms with Crippen LogP contribution >= 0.6 is 11.6 Å². The van der Waals surface area contributed by atoms with E-state index in [0.717, 1.165) is 36.9 Å². The zero-order valence-electron chi connectivity index (χ0n) is 15.0. The van der Waals surface area contributed by atoms with Crippen molar-refractivity contribution in [2.45, 2.75) is 4.90 Å². The van der Waals surface area contributed by atoms with E-state index in [2.05, 4.69) is 9.89 Å². The van der Waals surface area contributed by atoms with Gasteiger partial charge in [-0.25, -0.2) is 8.42 Å². The van der Waals surface area contributed by atoms with Gasteiger partial charge in [-0.05, 0) is 36.4 Å². The van der Waals surface area contributed by atoms with E-state index in [9.17, 15) is 8.42 Å². The van der Waals surface area contributed by atoms with Crippen molar-refractivity contribution >= 4 is 33.1 Å². The number of rotatable bonds is 5. The average Bonchev–Trinajstić information content (AvgIpc) is 2.69. The number of nitrogens with zero attached hydrogens (tertiary/aromatic N) is 3. The first-order chi connectivity index (χ1) is 13.0. The second-order valence-electron chi connectivity index (χ2n) is 6.32. The van der Waals surface area contributed by atoms with Crippen LogP contribution in [-0.2, 0) is 9.84 Å². The van der Waals surface area contributed by atoms with Crippen LogP contribution in [0.25, 0.3) is 0 Å². The highest BCUT2D eigenvalue weighted by Crippen LogP contribution is 2.19. The molecular formula is C19H23ClN4O2S. The molecule has 2 N–H and O–H groups in total. The SMILES string of the molecule is NC(=NCCS(=O)(=O)c1ccccc1)N1CCN(c2ccc(Cl)cc2)CC1. The molecule has 1 fully saturated rings. The Hall–Kier alpha value is -2.25. The second-order valence-corrected chi connectivity index (χ2v) is 8.87. The molecule has 1 aliphatic rings. The number of hydrogen-bond acceptors (Lipinski definition) is 4. The molecular weight excluding hydrogens is 384 g/mol. The van der Waals surface area contributed by atoms with Crippen molar-refractivity contribution < 1.29 is 8.42 Å². The minimum Gasteiger partial charge on any atom is -0.370 e. The zero-order valence-corrected chi connectivity index (χ0v) is 16.5. The van der Waals surface area contributed by atoms with Crippen LogP contribution in [0.2, 0.25) is 5.02 Å². The summed E-state index contributed by atoms with van der Waals surface area (Å²) in [5.41, 5.74) is 7.19. The van der Waals surface area contributed by atoms with E-state index in [-0.39, 0.29) is 12.3 Å². The van der Waals surface area contributed by atoms with E-state index < -0.39 is 9.84 Å². The van der Waals surface area contributed by atoms with Crippen LogP contribution in [0.3, 0.4) is 0 Å². The van der Waals surface area contributed by atoms with Gasteiger partial charge in [0.25, 0.3) is 0 Å². The summed E-state index contributed by atoms with van der Waals surface area (Å²) in [7, 11) is -3.34. The molecule has 0 bridgehead atoms. The number of hydrogen-bond donors (Lipinski definition) is 1. The molecule has 0 aromatic heterocycles. The van der Waals surface area contributed by atoms with E-state index in [1.807, 2.05) is 29.2 Å². The maximum Gasteiger partial charge on any atom is 0.191 e. The lowest BCUT2D eigenvalue weighted by Crippen LogP contribution is -2.51. The van der Waals surface area contributed by atoms with Gasteiger partial charge < -0.3 is 15.5 Å². The first-order valence-electron chi connectivity index (χ1n) is 8.79. The number of aliphatic imine (C=N–C) groups is 1. The number of halogens is 1. The molecule has 0 spiro atoms. The number of benzene rings is 2. The third-order valence-electron chi connectivity index (χ3n) is 4.53. The monoisotopic (exact) mass is 406 g/mol. The molecule has 0 atom stereocenters. The third kappa shape index (κ3) is 5.14. The summed E-state index contributed by atoms with van der Waals surface area (Å²) in [6.45, 7) is 3.27. The molecule has 144 valence electrons. The third-order valence-corrected chi connectivity index (χ3v) is 6.49. The van der Waals surface area contributed by atoms with E-state index in [0.29, 0.717) is 10.9 Å². The van der Waals surface area contributed by atoms with Crippen molar-refractivity contribution in [1.82, 2.24) is 4.90 Å². The fraction of sp³-hybridized carbons (Fsp3) is 0.316. The molecule has 27 heavy (non-hydrogen) atoms. The molecule has 1 heterocycles. The molecule has 6 nitrogen and oxygen atoms in total. The van der Waals surface area contributed by atoms with Crippen molar-refractivity contribution in [2.24, 2.45) is 10.7 Å². The highest BCUT2D eigenvalue weighted by Gasteiger charge is 2.19. The Bertz CT molecular complexity index is 878. The highest BCUT2D eigenvalue weighted by atomic mass is 35.5. The van der Waals surface area contributed by atoms with Crippen LogP contribution in [-0.4, -0.2) is 57.8 Å². The lowest BCUT2D eigenvalue weighted by molar-refractivity contribution is 0.381. The molecule has 8 heteroatoms. The summed E-state index contributed by atoms with van der Waals surface area (Å²) in [5.74, 6) is 0.344. The Balaban J connectivity index is 1.51. The van der Waals surface area contributed by atoms with E-state index in [1.54, 1.807) is 30.3 Å². The fourth-order valence-electron chi connectivity index (χ4n) is 2.97. The molecule has 1 aliphatic heterocycles. The maximum atomic E-state index is 12.3. The maximum absolute atomic E-state index is 12.3. The van der Waals surface area contributed by atoms with E-state index in [4.69, 9.17) is 17.3 Å². The van der Waals surface area contributed by atoms with Crippen LogP contribution < -0.4 is 10.6 Å². The Morgan fingerprint density at radius 1 is 1.00 bits per heavy atom. The Kier molecular flexibility index (Phi) is 6.23. The minimum atomic E-state index is -3.34. The normalized spacial score (nSPS) is 15.8. The topological polar surface area (TPSA) is 79.0 Å².